The van der Waals surface area contributed by atoms with E-state index in [1.54, 1.807) is 30.3 Å². The predicted octanol–water partition coefficient (Wildman–Crippen LogP) is 2.05. The van der Waals surface area contributed by atoms with Crippen LogP contribution in [0.25, 0.3) is 22.5 Å². The number of aromatic nitrogens is 5. The molecule has 2 atom stereocenters. The molecule has 7 N–H and O–H groups in total. The number of nitrogens with zero attached hydrogens (tertiary/aromatic N) is 5. The average Bonchev–Trinajstić information content (AvgIpc) is 3.81. The molecule has 1 saturated carbocycles. The van der Waals surface area contributed by atoms with E-state index in [1.165, 1.54) is 4.90 Å². The zero-order valence-corrected chi connectivity index (χ0v) is 27.3. The Morgan fingerprint density at radius 1 is 0.959 bits per heavy atom. The van der Waals surface area contributed by atoms with Gasteiger partial charge in [-0.25, -0.2) is 9.88 Å². The van der Waals surface area contributed by atoms with E-state index in [0.29, 0.717) is 61.0 Å². The number of nitrogens with one attached hydrogen (secondary N) is 3. The smallest absolute Gasteiger partial charge is 0.270 e. The summed E-state index contributed by atoms with van der Waals surface area (Å²) in [6.45, 7) is 2.94. The van der Waals surface area contributed by atoms with E-state index in [2.05, 4.69) is 36.2 Å². The van der Waals surface area contributed by atoms with Crippen LogP contribution < -0.4 is 27.0 Å². The molecule has 0 spiro atoms. The van der Waals surface area contributed by atoms with E-state index in [9.17, 15) is 19.2 Å². The number of aromatic amines is 1. The number of aryl methyl sites for hydroxylation is 1. The van der Waals surface area contributed by atoms with Gasteiger partial charge < -0.3 is 22.1 Å². The highest BCUT2D eigenvalue weighted by Crippen LogP contribution is 2.32. The van der Waals surface area contributed by atoms with Gasteiger partial charge in [0.15, 0.2) is 0 Å². The molecular weight excluding hydrogens is 624 g/mol. The Balaban J connectivity index is 1.15. The zero-order chi connectivity index (χ0) is 34.5. The van der Waals surface area contributed by atoms with E-state index >= 15 is 0 Å². The van der Waals surface area contributed by atoms with Crippen molar-refractivity contribution in [1.82, 2.24) is 36.2 Å². The molecule has 2 fully saturated rings. The molecule has 1 aliphatic heterocycles. The highest BCUT2D eigenvalue weighted by atomic mass is 16.2. The Hall–Kier alpha value is -5.34. The number of rotatable bonds is 10. The highest BCUT2D eigenvalue weighted by molar-refractivity contribution is 6.17. The van der Waals surface area contributed by atoms with E-state index in [-0.39, 0.29) is 29.8 Å². The minimum Gasteiger partial charge on any atom is -0.354 e. The highest BCUT2D eigenvalue weighted by Gasteiger charge is 2.35. The lowest BCUT2D eigenvalue weighted by molar-refractivity contribution is -0.130. The van der Waals surface area contributed by atoms with Gasteiger partial charge in [0.1, 0.15) is 11.7 Å². The summed E-state index contributed by atoms with van der Waals surface area (Å²) in [6, 6.07) is 16.4. The lowest BCUT2D eigenvalue weighted by Gasteiger charge is -2.32. The molecule has 2 aromatic heterocycles. The van der Waals surface area contributed by atoms with E-state index in [1.807, 2.05) is 37.3 Å². The van der Waals surface area contributed by atoms with Crippen molar-refractivity contribution in [1.29, 1.82) is 0 Å². The normalized spacial score (nSPS) is 19.6. The SMILES string of the molecule is Cc1nc(C(=O)N[C@@H]2CCNC2=O)ccc1-c1ccc(C[C@H](N)C(=O)N(C(=O)C2CCC(CN)CC2)c2ccc(-c3nn[nH]n3)cc2)cc1. The lowest BCUT2D eigenvalue weighted by Crippen LogP contribution is -2.50. The average molecular weight is 665 g/mol. The second kappa shape index (κ2) is 14.8. The van der Waals surface area contributed by atoms with Crippen LogP contribution in [0.15, 0.2) is 60.7 Å². The third-order valence-electron chi connectivity index (χ3n) is 9.41. The van der Waals surface area contributed by atoms with Crippen molar-refractivity contribution in [3.63, 3.8) is 0 Å². The van der Waals surface area contributed by atoms with Crippen molar-refractivity contribution in [2.24, 2.45) is 23.3 Å². The minimum atomic E-state index is -0.977. The Morgan fingerprint density at radius 2 is 1.67 bits per heavy atom. The number of carbonyl (C=O) groups excluding carboxylic acids is 4. The van der Waals surface area contributed by atoms with Gasteiger partial charge in [-0.2, -0.15) is 5.21 Å². The molecule has 2 aromatic carbocycles. The summed E-state index contributed by atoms with van der Waals surface area (Å²) >= 11 is 0. The number of tetrazole rings is 1. The van der Waals surface area contributed by atoms with Crippen molar-refractivity contribution >= 4 is 29.3 Å². The number of imide groups is 1. The van der Waals surface area contributed by atoms with Gasteiger partial charge in [0, 0.05) is 29.3 Å². The van der Waals surface area contributed by atoms with Crippen LogP contribution in [0.2, 0.25) is 0 Å². The monoisotopic (exact) mass is 664 g/mol. The number of hydrogen-bond donors (Lipinski definition) is 5. The molecule has 6 rings (SSSR count). The van der Waals surface area contributed by atoms with Crippen LogP contribution in [0.5, 0.6) is 0 Å². The first-order chi connectivity index (χ1) is 23.7. The van der Waals surface area contributed by atoms with Crippen LogP contribution >= 0.6 is 0 Å². The van der Waals surface area contributed by atoms with Crippen molar-refractivity contribution in [2.45, 2.75) is 57.5 Å². The zero-order valence-electron chi connectivity index (χ0n) is 27.3. The van der Waals surface area contributed by atoms with E-state index in [4.69, 9.17) is 11.5 Å². The molecule has 0 unspecified atom stereocenters. The van der Waals surface area contributed by atoms with Crippen LogP contribution in [-0.4, -0.2) is 74.4 Å². The molecule has 254 valence electrons. The third-order valence-corrected chi connectivity index (χ3v) is 9.41. The number of carbonyl (C=O) groups is 4. The van der Waals surface area contributed by atoms with Crippen molar-refractivity contribution in [3.05, 3.63) is 77.6 Å². The molecule has 14 nitrogen and oxygen atoms in total. The molecule has 3 heterocycles. The van der Waals surface area contributed by atoms with Gasteiger partial charge in [0.05, 0.1) is 11.7 Å². The van der Waals surface area contributed by atoms with Crippen LogP contribution in [0.1, 0.15) is 53.8 Å². The first kappa shape index (κ1) is 33.6. The molecule has 4 amide bonds. The topological polar surface area (TPSA) is 215 Å². The molecule has 1 aliphatic carbocycles. The first-order valence-electron chi connectivity index (χ1n) is 16.5. The standard InChI is InChI=1S/C35H40N10O4/c1-20-27(14-15-29(39-20)33(47)40-30-16-17-38-32(30)46)23-6-2-21(3-7-23)18-28(37)35(49)45(34(48)25-8-4-22(19-36)5-9-25)26-12-10-24(11-13-26)31-41-43-44-42-31/h2-3,6-7,10-15,22,25,28,30H,4-5,8-9,16-19,36-37H2,1H3,(H,38,46)(H,40,47)(H,41,42,43,44)/t22?,25?,28-,30+/m0/s1. The largest absolute Gasteiger partial charge is 0.354 e. The van der Waals surface area contributed by atoms with Gasteiger partial charge in [-0.3, -0.25) is 19.2 Å². The summed E-state index contributed by atoms with van der Waals surface area (Å²) in [5.41, 5.74) is 16.9. The Labute approximate surface area is 283 Å². The molecule has 2 aliphatic rings. The minimum absolute atomic E-state index is 0.191. The summed E-state index contributed by atoms with van der Waals surface area (Å²) in [4.78, 5) is 58.1. The molecule has 0 radical (unpaired) electrons. The molecular formula is C35H40N10O4. The summed E-state index contributed by atoms with van der Waals surface area (Å²) in [5.74, 6) is -0.843. The van der Waals surface area contributed by atoms with Gasteiger partial charge in [-0.05, 0) is 105 Å². The summed E-state index contributed by atoms with van der Waals surface area (Å²) in [6.07, 6.45) is 3.78. The second-order valence-corrected chi connectivity index (χ2v) is 12.7. The van der Waals surface area contributed by atoms with Gasteiger partial charge in [0.25, 0.3) is 11.8 Å². The lowest BCUT2D eigenvalue weighted by atomic mass is 9.81. The summed E-state index contributed by atoms with van der Waals surface area (Å²) in [7, 11) is 0. The number of hydrogen-bond acceptors (Lipinski definition) is 10. The van der Waals surface area contributed by atoms with E-state index in [0.717, 1.165) is 29.5 Å². The molecule has 49 heavy (non-hydrogen) atoms. The number of H-pyrrole nitrogens is 1. The fourth-order valence-corrected chi connectivity index (χ4v) is 6.52. The fraction of sp³-hybridized carbons (Fsp3) is 0.371. The fourth-order valence-electron chi connectivity index (χ4n) is 6.52. The quantitative estimate of drug-likeness (QED) is 0.166. The number of pyridine rings is 1. The van der Waals surface area contributed by atoms with Gasteiger partial charge in [0.2, 0.25) is 17.6 Å². The van der Waals surface area contributed by atoms with Crippen LogP contribution in [0, 0.1) is 18.8 Å². The molecule has 0 bridgehead atoms. The van der Waals surface area contributed by atoms with Crippen LogP contribution in [-0.2, 0) is 20.8 Å². The second-order valence-electron chi connectivity index (χ2n) is 12.7. The maximum Gasteiger partial charge on any atom is 0.270 e. The van der Waals surface area contributed by atoms with Crippen molar-refractivity contribution in [3.8, 4) is 22.5 Å². The molecule has 14 heteroatoms. The maximum atomic E-state index is 14.0. The van der Waals surface area contributed by atoms with Gasteiger partial charge >= 0.3 is 0 Å². The van der Waals surface area contributed by atoms with Crippen molar-refractivity contribution < 1.29 is 19.2 Å². The van der Waals surface area contributed by atoms with Gasteiger partial charge in [-0.1, -0.05) is 30.3 Å². The van der Waals surface area contributed by atoms with Gasteiger partial charge in [-0.15, -0.1) is 10.2 Å². The van der Waals surface area contributed by atoms with Crippen LogP contribution in [0.3, 0.4) is 0 Å². The summed E-state index contributed by atoms with van der Waals surface area (Å²) < 4.78 is 0. The van der Waals surface area contributed by atoms with E-state index < -0.39 is 23.9 Å². The number of amides is 4. The predicted molar refractivity (Wildman–Crippen MR) is 182 cm³/mol. The maximum absolute atomic E-state index is 14.0. The number of anilines is 1. The Kier molecular flexibility index (Phi) is 10.2. The Bertz CT molecular complexity index is 1800. The first-order valence-corrected chi connectivity index (χ1v) is 16.5. The molecule has 4 aromatic rings. The molecule has 1 saturated heterocycles. The van der Waals surface area contributed by atoms with Crippen molar-refractivity contribution in [2.75, 3.05) is 18.0 Å². The summed E-state index contributed by atoms with van der Waals surface area (Å²) in [5, 5.41) is 19.4. The number of nitrogens with two attached hydrogens (primary N) is 2. The third kappa shape index (κ3) is 7.55. The van der Waals surface area contributed by atoms with Crippen LogP contribution in [0.4, 0.5) is 5.69 Å². The number of benzene rings is 2. The Morgan fingerprint density at radius 3 is 2.29 bits per heavy atom.